The van der Waals surface area contributed by atoms with E-state index in [0.717, 1.165) is 70.0 Å². The number of piperidine rings is 1. The topological polar surface area (TPSA) is 52.6 Å². The molecule has 3 rings (SSSR count). The summed E-state index contributed by atoms with van der Waals surface area (Å²) in [6.45, 7) is 11.9. The third kappa shape index (κ3) is 4.29. The van der Waals surface area contributed by atoms with Crippen molar-refractivity contribution < 1.29 is 4.79 Å². The monoisotopic (exact) mass is 345 g/mol. The average molecular weight is 345 g/mol. The molecule has 1 aromatic heterocycles. The highest BCUT2D eigenvalue weighted by molar-refractivity contribution is 5.79. The predicted molar refractivity (Wildman–Crippen MR) is 99.6 cm³/mol. The van der Waals surface area contributed by atoms with E-state index in [-0.39, 0.29) is 5.92 Å². The van der Waals surface area contributed by atoms with Crippen molar-refractivity contribution in [1.29, 1.82) is 0 Å². The van der Waals surface area contributed by atoms with Gasteiger partial charge in [-0.2, -0.15) is 0 Å². The largest absolute Gasteiger partial charge is 0.353 e. The van der Waals surface area contributed by atoms with Gasteiger partial charge in [0, 0.05) is 50.5 Å². The van der Waals surface area contributed by atoms with Crippen molar-refractivity contribution in [2.24, 2.45) is 5.92 Å². The Labute approximate surface area is 151 Å². The fourth-order valence-corrected chi connectivity index (χ4v) is 3.84. The molecule has 138 valence electrons. The summed E-state index contributed by atoms with van der Waals surface area (Å²) < 4.78 is 0. The van der Waals surface area contributed by atoms with Crippen LogP contribution in [0, 0.1) is 5.92 Å². The highest BCUT2D eigenvalue weighted by atomic mass is 16.2. The Balaban J connectivity index is 1.55. The molecule has 0 saturated carbocycles. The standard InChI is InChI=1S/C19H31N5O/c1-4-17-12-18(21-14-20-17)22-8-10-23(11-9-22)19(25)16-6-5-7-24(13-16)15(2)3/h12,14-16H,4-11,13H2,1-3H3/t16-/m1/s1. The Morgan fingerprint density at radius 2 is 1.96 bits per heavy atom. The molecule has 6 heteroatoms. The first-order valence-corrected chi connectivity index (χ1v) is 9.67. The molecule has 2 saturated heterocycles. The van der Waals surface area contributed by atoms with E-state index in [1.807, 2.05) is 0 Å². The first-order valence-electron chi connectivity index (χ1n) is 9.67. The molecule has 2 aliphatic rings. The molecule has 0 bridgehead atoms. The van der Waals surface area contributed by atoms with E-state index in [0.29, 0.717) is 11.9 Å². The van der Waals surface area contributed by atoms with E-state index in [9.17, 15) is 4.79 Å². The van der Waals surface area contributed by atoms with E-state index < -0.39 is 0 Å². The van der Waals surface area contributed by atoms with Crippen LogP contribution in [-0.4, -0.2) is 71.0 Å². The molecule has 3 heterocycles. The zero-order chi connectivity index (χ0) is 17.8. The van der Waals surface area contributed by atoms with E-state index in [4.69, 9.17) is 0 Å². The minimum atomic E-state index is 0.174. The summed E-state index contributed by atoms with van der Waals surface area (Å²) in [6, 6.07) is 2.59. The molecule has 0 radical (unpaired) electrons. The lowest BCUT2D eigenvalue weighted by Crippen LogP contribution is -2.53. The van der Waals surface area contributed by atoms with E-state index in [1.54, 1.807) is 6.33 Å². The number of hydrogen-bond donors (Lipinski definition) is 0. The van der Waals surface area contributed by atoms with Crippen LogP contribution in [0.15, 0.2) is 12.4 Å². The fraction of sp³-hybridized carbons (Fsp3) is 0.737. The van der Waals surface area contributed by atoms with Gasteiger partial charge < -0.3 is 14.7 Å². The maximum Gasteiger partial charge on any atom is 0.227 e. The molecule has 2 fully saturated rings. The van der Waals surface area contributed by atoms with Gasteiger partial charge in [0.2, 0.25) is 5.91 Å². The number of aryl methyl sites for hydroxylation is 1. The zero-order valence-electron chi connectivity index (χ0n) is 15.8. The molecule has 0 unspecified atom stereocenters. The summed E-state index contributed by atoms with van der Waals surface area (Å²) in [5, 5.41) is 0. The van der Waals surface area contributed by atoms with Crippen LogP contribution in [0.4, 0.5) is 5.82 Å². The van der Waals surface area contributed by atoms with Gasteiger partial charge in [-0.3, -0.25) is 4.79 Å². The Morgan fingerprint density at radius 1 is 1.20 bits per heavy atom. The van der Waals surface area contributed by atoms with Gasteiger partial charge in [-0.05, 0) is 39.7 Å². The quantitative estimate of drug-likeness (QED) is 0.833. The van der Waals surface area contributed by atoms with Gasteiger partial charge in [-0.1, -0.05) is 6.92 Å². The van der Waals surface area contributed by atoms with Crippen molar-refractivity contribution in [3.63, 3.8) is 0 Å². The molecule has 1 aromatic rings. The second-order valence-corrected chi connectivity index (χ2v) is 7.46. The minimum absolute atomic E-state index is 0.174. The van der Waals surface area contributed by atoms with Crippen molar-refractivity contribution in [2.75, 3.05) is 44.2 Å². The van der Waals surface area contributed by atoms with Crippen LogP contribution in [0.3, 0.4) is 0 Å². The third-order valence-electron chi connectivity index (χ3n) is 5.52. The summed E-state index contributed by atoms with van der Waals surface area (Å²) in [6.07, 6.45) is 4.74. The summed E-state index contributed by atoms with van der Waals surface area (Å²) in [4.78, 5) is 28.4. The Morgan fingerprint density at radius 3 is 2.64 bits per heavy atom. The van der Waals surface area contributed by atoms with Crippen LogP contribution < -0.4 is 4.90 Å². The van der Waals surface area contributed by atoms with E-state index in [2.05, 4.69) is 51.5 Å². The van der Waals surface area contributed by atoms with Crippen LogP contribution in [-0.2, 0) is 11.2 Å². The number of aromatic nitrogens is 2. The average Bonchev–Trinajstić information content (AvgIpc) is 2.67. The lowest BCUT2D eigenvalue weighted by molar-refractivity contribution is -0.137. The first kappa shape index (κ1) is 18.1. The number of hydrogen-bond acceptors (Lipinski definition) is 5. The fourth-order valence-electron chi connectivity index (χ4n) is 3.84. The van der Waals surface area contributed by atoms with Crippen LogP contribution in [0.2, 0.25) is 0 Å². The third-order valence-corrected chi connectivity index (χ3v) is 5.52. The van der Waals surface area contributed by atoms with Gasteiger partial charge in [0.25, 0.3) is 0 Å². The highest BCUT2D eigenvalue weighted by Crippen LogP contribution is 2.22. The number of carbonyl (C=O) groups excluding carboxylic acids is 1. The highest BCUT2D eigenvalue weighted by Gasteiger charge is 2.31. The number of amides is 1. The molecule has 6 nitrogen and oxygen atoms in total. The normalized spacial score (nSPS) is 22.5. The second kappa shape index (κ2) is 8.13. The molecule has 0 N–H and O–H groups in total. The van der Waals surface area contributed by atoms with Crippen LogP contribution in [0.25, 0.3) is 0 Å². The van der Waals surface area contributed by atoms with Gasteiger partial charge in [0.05, 0.1) is 5.92 Å². The Kier molecular flexibility index (Phi) is 5.89. The van der Waals surface area contributed by atoms with Crippen molar-refractivity contribution >= 4 is 11.7 Å². The number of anilines is 1. The molecular weight excluding hydrogens is 314 g/mol. The molecule has 1 amide bonds. The van der Waals surface area contributed by atoms with Gasteiger partial charge in [-0.15, -0.1) is 0 Å². The number of nitrogens with zero attached hydrogens (tertiary/aromatic N) is 5. The van der Waals surface area contributed by atoms with Crippen molar-refractivity contribution in [2.45, 2.75) is 46.1 Å². The summed E-state index contributed by atoms with van der Waals surface area (Å²) in [7, 11) is 0. The molecule has 0 spiro atoms. The lowest BCUT2D eigenvalue weighted by atomic mass is 9.95. The van der Waals surface area contributed by atoms with E-state index in [1.165, 1.54) is 0 Å². The van der Waals surface area contributed by atoms with Crippen LogP contribution in [0.1, 0.15) is 39.3 Å². The summed E-state index contributed by atoms with van der Waals surface area (Å²) in [5.74, 6) is 1.51. The van der Waals surface area contributed by atoms with Crippen molar-refractivity contribution in [3.05, 3.63) is 18.1 Å². The number of piperazine rings is 1. The van der Waals surface area contributed by atoms with Crippen molar-refractivity contribution in [3.8, 4) is 0 Å². The molecule has 0 aliphatic carbocycles. The van der Waals surface area contributed by atoms with Crippen LogP contribution >= 0.6 is 0 Å². The maximum atomic E-state index is 12.9. The molecule has 25 heavy (non-hydrogen) atoms. The molecule has 2 aliphatic heterocycles. The molecule has 0 aromatic carbocycles. The Bertz CT molecular complexity index is 583. The van der Waals surface area contributed by atoms with Gasteiger partial charge >= 0.3 is 0 Å². The lowest BCUT2D eigenvalue weighted by Gasteiger charge is -2.40. The maximum absolute atomic E-state index is 12.9. The first-order chi connectivity index (χ1) is 12.1. The predicted octanol–water partition coefficient (Wildman–Crippen LogP) is 1.81. The van der Waals surface area contributed by atoms with Crippen molar-refractivity contribution in [1.82, 2.24) is 19.8 Å². The van der Waals surface area contributed by atoms with Gasteiger partial charge in [0.15, 0.2) is 0 Å². The van der Waals surface area contributed by atoms with E-state index >= 15 is 0 Å². The number of likely N-dealkylation sites (tertiary alicyclic amines) is 1. The summed E-state index contributed by atoms with van der Waals surface area (Å²) in [5.41, 5.74) is 1.07. The zero-order valence-corrected chi connectivity index (χ0v) is 15.8. The number of rotatable bonds is 4. The van der Waals surface area contributed by atoms with Gasteiger partial charge in [0.1, 0.15) is 12.1 Å². The Hall–Kier alpha value is -1.69. The summed E-state index contributed by atoms with van der Waals surface area (Å²) >= 11 is 0. The van der Waals surface area contributed by atoms with Crippen LogP contribution in [0.5, 0.6) is 0 Å². The SMILES string of the molecule is CCc1cc(N2CCN(C(=O)[C@@H]3CCCN(C(C)C)C3)CC2)ncn1. The molecular formula is C19H31N5O. The molecule has 1 atom stereocenters. The smallest absolute Gasteiger partial charge is 0.227 e. The second-order valence-electron chi connectivity index (χ2n) is 7.46. The van der Waals surface area contributed by atoms with Gasteiger partial charge in [-0.25, -0.2) is 9.97 Å². The number of carbonyl (C=O) groups is 1. The minimum Gasteiger partial charge on any atom is -0.353 e.